The minimum atomic E-state index is -4.67. The minimum Gasteiger partial charge on any atom is -0.462 e. The Labute approximate surface area is 441 Å². The van der Waals surface area contributed by atoms with E-state index in [9.17, 15) is 42.3 Å². The van der Waals surface area contributed by atoms with Gasteiger partial charge in [0.1, 0.15) is 18.6 Å². The number of likely N-dealkylation sites (N-methyl/N-ethyl adjacent to an activating group) is 1. The molecule has 18 nitrogen and oxygen atoms in total. The first-order valence-electron chi connectivity index (χ1n) is 25.8. The van der Waals surface area contributed by atoms with Gasteiger partial charge < -0.3 is 43.9 Å². The van der Waals surface area contributed by atoms with Crippen LogP contribution >= 0.6 is 0 Å². The highest BCUT2D eigenvalue weighted by molar-refractivity contribution is 5.96. The number of aromatic nitrogens is 2. The number of alkyl halides is 3. The summed E-state index contributed by atoms with van der Waals surface area (Å²) in [5.41, 5.74) is 1.57. The zero-order valence-electron chi connectivity index (χ0n) is 44.8. The number of ether oxygens (including phenoxy) is 3. The quantitative estimate of drug-likeness (QED) is 0.0854. The molecule has 7 rings (SSSR count). The van der Waals surface area contributed by atoms with E-state index in [1.54, 1.807) is 87.7 Å². The van der Waals surface area contributed by atoms with Crippen molar-refractivity contribution in [1.29, 1.82) is 0 Å². The topological polar surface area (TPSA) is 200 Å². The SMILES string of the molecule is C=CC(=O)N1CCOC2(CCN(C(=O)N(C)[C@H](C(=O)N[C@H]3Cc4cccc(n4)-c4ccc5c(c4)c(c(/C(C=C)=C(/N=CC)[C@H](C)OC)n5CC(F)(F)F)CC(C)(C)COC(=O)[C@@]4(O)CCCN(N4)C3=O)C(C)C)CC2)C1. The Morgan fingerprint density at radius 3 is 2.42 bits per heavy atom. The number of amides is 5. The molecule has 1 aromatic carbocycles. The summed E-state index contributed by atoms with van der Waals surface area (Å²) in [5.74, 6) is -3.06. The lowest BCUT2D eigenvalue weighted by molar-refractivity contribution is -0.189. The molecule has 3 aromatic rings. The molecule has 5 amide bonds. The number of carbonyl (C=O) groups excluding carboxylic acids is 5. The van der Waals surface area contributed by atoms with Crippen LogP contribution in [0.25, 0.3) is 27.7 Å². The average Bonchev–Trinajstić information content (AvgIpc) is 3.66. The summed E-state index contributed by atoms with van der Waals surface area (Å²) in [7, 11) is 3.00. The van der Waals surface area contributed by atoms with Crippen molar-refractivity contribution in [1.82, 2.24) is 40.0 Å². The van der Waals surface area contributed by atoms with Crippen molar-refractivity contribution in [2.45, 2.75) is 122 Å². The third-order valence-electron chi connectivity index (χ3n) is 14.8. The van der Waals surface area contributed by atoms with Crippen LogP contribution < -0.4 is 10.7 Å². The van der Waals surface area contributed by atoms with Crippen LogP contribution in [0.4, 0.5) is 18.0 Å². The van der Waals surface area contributed by atoms with Crippen LogP contribution in [0.15, 0.2) is 72.4 Å². The summed E-state index contributed by atoms with van der Waals surface area (Å²) >= 11 is 0. The molecule has 0 unspecified atom stereocenters. The fourth-order valence-electron chi connectivity index (χ4n) is 10.9. The van der Waals surface area contributed by atoms with Crippen LogP contribution in [-0.2, 0) is 52.8 Å². The molecule has 4 atom stereocenters. The van der Waals surface area contributed by atoms with E-state index in [1.165, 1.54) is 42.0 Å². The standard InChI is InChI=1S/C55H72F3N9O9/c1-11-38(45(59-13-3)35(6)74-10)47-40-30-52(7,8)33-75-50(71)54(73)20-15-23-67(62-54)49(70)42(29-37-16-14-17-41(60-37)36-18-19-43(39(40)28-36)66(47)32-55(56,57)58)61-48(69)46(34(4)5)63(9)51(72)64-24-21-53(22-25-64)31-65(26-27-76-53)44(68)12-2/h11-14,16-19,28,34-35,42,46,62,73H,1-2,15,20-27,29-33H2,3-10H3,(H,61,69)/b45-38+,59-13?/t35-,42-,46-,54-/m0/s1. The highest BCUT2D eigenvalue weighted by Crippen LogP contribution is 2.42. The van der Waals surface area contributed by atoms with E-state index in [2.05, 4.69) is 28.9 Å². The second kappa shape index (κ2) is 23.0. The number of morpholine rings is 1. The molecule has 0 saturated carbocycles. The molecule has 6 heterocycles. The number of aliphatic hydroxyl groups is 1. The maximum Gasteiger partial charge on any atom is 0.406 e. The van der Waals surface area contributed by atoms with Gasteiger partial charge in [-0.05, 0) is 81.4 Å². The monoisotopic (exact) mass is 1060 g/mol. The number of urea groups is 1. The third-order valence-corrected chi connectivity index (χ3v) is 14.8. The Kier molecular flexibility index (Phi) is 17.4. The van der Waals surface area contributed by atoms with Gasteiger partial charge in [-0.15, -0.1) is 0 Å². The fourth-order valence-corrected chi connectivity index (χ4v) is 10.9. The third kappa shape index (κ3) is 12.4. The smallest absolute Gasteiger partial charge is 0.406 e. The van der Waals surface area contributed by atoms with Gasteiger partial charge in [-0.3, -0.25) is 29.4 Å². The fraction of sp³-hybridized carbons (Fsp3) is 0.545. The number of halogens is 3. The number of rotatable bonds is 11. The average molecular weight is 1060 g/mol. The lowest BCUT2D eigenvalue weighted by Gasteiger charge is -2.47. The Balaban J connectivity index is 1.28. The lowest BCUT2D eigenvalue weighted by Crippen LogP contribution is -2.67. The molecule has 3 N–H and O–H groups in total. The number of pyridine rings is 1. The summed E-state index contributed by atoms with van der Waals surface area (Å²) in [6.45, 7) is 18.4. The van der Waals surface area contributed by atoms with Crippen LogP contribution in [-0.4, -0.2) is 166 Å². The van der Waals surface area contributed by atoms with Crippen LogP contribution in [0.3, 0.4) is 0 Å². The first-order chi connectivity index (χ1) is 35.9. The van der Waals surface area contributed by atoms with Crippen LogP contribution in [0.5, 0.6) is 0 Å². The summed E-state index contributed by atoms with van der Waals surface area (Å²) in [6.07, 6.45) is -0.248. The number of likely N-dealkylation sites (tertiary alicyclic amines) is 1. The predicted molar refractivity (Wildman–Crippen MR) is 280 cm³/mol. The number of benzene rings is 1. The highest BCUT2D eigenvalue weighted by atomic mass is 19.4. The molecular weight excluding hydrogens is 988 g/mol. The Bertz CT molecular complexity index is 2780. The molecule has 2 aromatic heterocycles. The van der Waals surface area contributed by atoms with Crippen molar-refractivity contribution in [2.75, 3.05) is 60.1 Å². The van der Waals surface area contributed by atoms with E-state index in [0.29, 0.717) is 84.8 Å². The molecule has 412 valence electrons. The number of fused-ring (bicyclic) bond motifs is 6. The van der Waals surface area contributed by atoms with Crippen molar-refractivity contribution in [2.24, 2.45) is 16.3 Å². The maximum absolute atomic E-state index is 14.8. The molecule has 76 heavy (non-hydrogen) atoms. The largest absolute Gasteiger partial charge is 0.462 e. The van der Waals surface area contributed by atoms with Gasteiger partial charge in [0.05, 0.1) is 48.5 Å². The molecule has 3 fully saturated rings. The van der Waals surface area contributed by atoms with Crippen molar-refractivity contribution < 1.29 is 56.5 Å². The molecule has 0 aliphatic carbocycles. The zero-order valence-corrected chi connectivity index (χ0v) is 44.8. The van der Waals surface area contributed by atoms with Gasteiger partial charge in [0, 0.05) is 92.5 Å². The van der Waals surface area contributed by atoms with Crippen LogP contribution in [0.1, 0.15) is 84.2 Å². The summed E-state index contributed by atoms with van der Waals surface area (Å²) in [4.78, 5) is 84.5. The van der Waals surface area contributed by atoms with Gasteiger partial charge in [-0.1, -0.05) is 59.1 Å². The first-order valence-corrected chi connectivity index (χ1v) is 25.8. The Morgan fingerprint density at radius 2 is 1.78 bits per heavy atom. The minimum absolute atomic E-state index is 0.0385. The molecule has 6 bridgehead atoms. The number of aliphatic imine (C=N–C) groups is 1. The molecular formula is C55H72F3N9O9. The molecule has 1 spiro atoms. The van der Waals surface area contributed by atoms with Gasteiger partial charge in [-0.25, -0.2) is 9.59 Å². The molecule has 4 aliphatic heterocycles. The number of hydrazine groups is 1. The second-order valence-corrected chi connectivity index (χ2v) is 21.4. The summed E-state index contributed by atoms with van der Waals surface area (Å²) < 4.78 is 63.3. The van der Waals surface area contributed by atoms with E-state index in [-0.39, 0.29) is 56.0 Å². The number of hydrogen-bond acceptors (Lipinski definition) is 12. The Morgan fingerprint density at radius 1 is 1.05 bits per heavy atom. The van der Waals surface area contributed by atoms with Crippen LogP contribution in [0, 0.1) is 11.3 Å². The van der Waals surface area contributed by atoms with E-state index >= 15 is 0 Å². The number of allylic oxidation sites excluding steroid dienone is 2. The van der Waals surface area contributed by atoms with Gasteiger partial charge in [0.15, 0.2) is 0 Å². The van der Waals surface area contributed by atoms with Crippen molar-refractivity contribution in [3.63, 3.8) is 0 Å². The molecule has 21 heteroatoms. The number of piperidine rings is 1. The first kappa shape index (κ1) is 57.3. The van der Waals surface area contributed by atoms with Crippen molar-refractivity contribution >= 4 is 52.4 Å². The van der Waals surface area contributed by atoms with Gasteiger partial charge in [-0.2, -0.15) is 18.6 Å². The number of methoxy groups -OCH3 is 1. The second-order valence-electron chi connectivity index (χ2n) is 21.4. The van der Waals surface area contributed by atoms with E-state index in [0.717, 1.165) is 5.01 Å². The summed E-state index contributed by atoms with van der Waals surface area (Å²) in [6, 6.07) is 7.31. The predicted octanol–water partition coefficient (Wildman–Crippen LogP) is 6.21. The Hall–Kier alpha value is -6.42. The molecule has 3 saturated heterocycles. The van der Waals surface area contributed by atoms with Gasteiger partial charge >= 0.3 is 18.2 Å². The van der Waals surface area contributed by atoms with Gasteiger partial charge in [0.2, 0.25) is 17.5 Å². The van der Waals surface area contributed by atoms with E-state index < -0.39 is 77.4 Å². The normalized spacial score (nSPS) is 22.4. The number of nitrogens with zero attached hydrogens (tertiary/aromatic N) is 7. The van der Waals surface area contributed by atoms with Gasteiger partial charge in [0.25, 0.3) is 5.91 Å². The van der Waals surface area contributed by atoms with Crippen LogP contribution in [0.2, 0.25) is 0 Å². The number of cyclic esters (lactones) is 1. The maximum atomic E-state index is 14.8. The van der Waals surface area contributed by atoms with Crippen molar-refractivity contribution in [3.8, 4) is 11.3 Å². The number of nitrogens with one attached hydrogen (secondary N) is 2. The van der Waals surface area contributed by atoms with E-state index in [4.69, 9.17) is 19.2 Å². The van der Waals surface area contributed by atoms with Crippen molar-refractivity contribution in [3.05, 3.63) is 84.4 Å². The highest BCUT2D eigenvalue weighted by Gasteiger charge is 2.47. The number of carbonyl (C=O) groups is 5. The number of hydrogen-bond donors (Lipinski definition) is 3. The summed E-state index contributed by atoms with van der Waals surface area (Å²) in [5, 5.41) is 16.4. The zero-order chi connectivity index (χ0) is 55.5. The molecule has 0 radical (unpaired) electrons. The lowest BCUT2D eigenvalue weighted by atomic mass is 9.84. The van der Waals surface area contributed by atoms with E-state index in [1.807, 2.05) is 0 Å². The number of esters is 1. The molecule has 4 aliphatic rings.